The summed E-state index contributed by atoms with van der Waals surface area (Å²) in [5.74, 6) is 0.336. The van der Waals surface area contributed by atoms with Gasteiger partial charge < -0.3 is 15.2 Å². The monoisotopic (exact) mass is 231 g/mol. The fourth-order valence-electron chi connectivity index (χ4n) is 1.48. The molecule has 4 nitrogen and oxygen atoms in total. The molecule has 0 fully saturated rings. The molecule has 0 rings (SSSR count). The van der Waals surface area contributed by atoms with Crippen LogP contribution in [0.15, 0.2) is 0 Å². The maximum atomic E-state index is 11.4. The van der Waals surface area contributed by atoms with Crippen LogP contribution >= 0.6 is 0 Å². The summed E-state index contributed by atoms with van der Waals surface area (Å²) in [7, 11) is 0. The lowest BCUT2D eigenvalue weighted by atomic mass is 10.0. The molecule has 1 amide bonds. The SMILES string of the molecule is CCCC(CCO)CNC(=O)OC(C)(C)C. The van der Waals surface area contributed by atoms with E-state index in [4.69, 9.17) is 9.84 Å². The Morgan fingerprint density at radius 1 is 1.38 bits per heavy atom. The van der Waals surface area contributed by atoms with Crippen molar-refractivity contribution < 1.29 is 14.6 Å². The summed E-state index contributed by atoms with van der Waals surface area (Å²) in [6, 6.07) is 0. The van der Waals surface area contributed by atoms with E-state index in [2.05, 4.69) is 12.2 Å². The standard InChI is InChI=1S/C12H25NO3/c1-5-6-10(7-8-14)9-13-11(15)16-12(2,3)4/h10,14H,5-9H2,1-4H3,(H,13,15). The Morgan fingerprint density at radius 2 is 2.00 bits per heavy atom. The fraction of sp³-hybridized carbons (Fsp3) is 0.917. The van der Waals surface area contributed by atoms with Crippen molar-refractivity contribution in [3.8, 4) is 0 Å². The molecule has 2 N–H and O–H groups in total. The Morgan fingerprint density at radius 3 is 2.44 bits per heavy atom. The lowest BCUT2D eigenvalue weighted by molar-refractivity contribution is 0.0515. The highest BCUT2D eigenvalue weighted by atomic mass is 16.6. The molecule has 0 spiro atoms. The Bertz CT molecular complexity index is 193. The van der Waals surface area contributed by atoms with Crippen molar-refractivity contribution in [3.05, 3.63) is 0 Å². The van der Waals surface area contributed by atoms with E-state index in [1.54, 1.807) is 0 Å². The van der Waals surface area contributed by atoms with Crippen LogP contribution in [0.5, 0.6) is 0 Å². The summed E-state index contributed by atoms with van der Waals surface area (Å²) < 4.78 is 5.13. The van der Waals surface area contributed by atoms with Gasteiger partial charge in [-0.3, -0.25) is 0 Å². The number of rotatable bonds is 6. The summed E-state index contributed by atoms with van der Waals surface area (Å²) in [5, 5.41) is 11.6. The first-order valence-electron chi connectivity index (χ1n) is 5.96. The van der Waals surface area contributed by atoms with Crippen LogP contribution < -0.4 is 5.32 Å². The van der Waals surface area contributed by atoms with Crippen molar-refractivity contribution in [1.82, 2.24) is 5.32 Å². The molecule has 0 saturated heterocycles. The zero-order valence-electron chi connectivity index (χ0n) is 10.9. The zero-order valence-corrected chi connectivity index (χ0v) is 10.9. The topological polar surface area (TPSA) is 58.6 Å². The molecule has 0 bridgehead atoms. The second-order valence-electron chi connectivity index (χ2n) is 5.05. The summed E-state index contributed by atoms with van der Waals surface area (Å²) in [4.78, 5) is 11.4. The summed E-state index contributed by atoms with van der Waals surface area (Å²) in [6.45, 7) is 8.35. The number of hydrogen-bond donors (Lipinski definition) is 2. The predicted octanol–water partition coefficient (Wildman–Crippen LogP) is 2.31. The van der Waals surface area contributed by atoms with Gasteiger partial charge >= 0.3 is 6.09 Å². The van der Waals surface area contributed by atoms with Gasteiger partial charge in [0, 0.05) is 13.2 Å². The second kappa shape index (κ2) is 7.49. The van der Waals surface area contributed by atoms with Gasteiger partial charge in [-0.05, 0) is 39.5 Å². The number of alkyl carbamates (subject to hydrolysis) is 1. The van der Waals surface area contributed by atoms with E-state index in [0.29, 0.717) is 12.5 Å². The molecule has 16 heavy (non-hydrogen) atoms. The van der Waals surface area contributed by atoms with Gasteiger partial charge in [0.15, 0.2) is 0 Å². The van der Waals surface area contributed by atoms with Crippen LogP contribution in [0.4, 0.5) is 4.79 Å². The third-order valence-corrected chi connectivity index (χ3v) is 2.17. The summed E-state index contributed by atoms with van der Waals surface area (Å²) in [5.41, 5.74) is -0.457. The first kappa shape index (κ1) is 15.2. The van der Waals surface area contributed by atoms with E-state index in [0.717, 1.165) is 19.3 Å². The van der Waals surface area contributed by atoms with Crippen molar-refractivity contribution in [3.63, 3.8) is 0 Å². The van der Waals surface area contributed by atoms with Crippen LogP contribution in [0.2, 0.25) is 0 Å². The normalized spacial score (nSPS) is 13.3. The molecule has 0 saturated carbocycles. The Hall–Kier alpha value is -0.770. The number of carbonyl (C=O) groups is 1. The molecule has 0 aliphatic heterocycles. The Balaban J connectivity index is 3.86. The Labute approximate surface area is 98.4 Å². The average Bonchev–Trinajstić information content (AvgIpc) is 2.12. The van der Waals surface area contributed by atoms with Crippen LogP contribution in [0, 0.1) is 5.92 Å². The number of aliphatic hydroxyl groups excluding tert-OH is 1. The van der Waals surface area contributed by atoms with Gasteiger partial charge in [-0.2, -0.15) is 0 Å². The first-order chi connectivity index (χ1) is 7.39. The van der Waals surface area contributed by atoms with Gasteiger partial charge in [-0.1, -0.05) is 13.3 Å². The molecule has 0 aromatic heterocycles. The van der Waals surface area contributed by atoms with E-state index in [1.807, 2.05) is 20.8 Å². The Kier molecular flexibility index (Phi) is 7.13. The van der Waals surface area contributed by atoms with E-state index in [1.165, 1.54) is 0 Å². The highest BCUT2D eigenvalue weighted by Gasteiger charge is 2.17. The molecule has 1 atom stereocenters. The maximum absolute atomic E-state index is 11.4. The molecule has 1 unspecified atom stereocenters. The molecule has 0 aliphatic rings. The van der Waals surface area contributed by atoms with Crippen molar-refractivity contribution >= 4 is 6.09 Å². The summed E-state index contributed by atoms with van der Waals surface area (Å²) >= 11 is 0. The van der Waals surface area contributed by atoms with Crippen molar-refractivity contribution in [2.75, 3.05) is 13.2 Å². The number of nitrogens with one attached hydrogen (secondary N) is 1. The molecule has 96 valence electrons. The summed E-state index contributed by atoms with van der Waals surface area (Å²) in [6.07, 6.45) is 2.41. The lowest BCUT2D eigenvalue weighted by Gasteiger charge is -2.21. The van der Waals surface area contributed by atoms with Crippen molar-refractivity contribution in [1.29, 1.82) is 0 Å². The van der Waals surface area contributed by atoms with Crippen LogP contribution in [0.1, 0.15) is 47.0 Å². The minimum atomic E-state index is -0.457. The number of ether oxygens (including phenoxy) is 1. The van der Waals surface area contributed by atoms with Crippen LogP contribution in [0.25, 0.3) is 0 Å². The van der Waals surface area contributed by atoms with Crippen LogP contribution in [0.3, 0.4) is 0 Å². The van der Waals surface area contributed by atoms with Crippen LogP contribution in [-0.4, -0.2) is 30.0 Å². The van der Waals surface area contributed by atoms with E-state index < -0.39 is 5.60 Å². The van der Waals surface area contributed by atoms with Gasteiger partial charge in [0.2, 0.25) is 0 Å². The van der Waals surface area contributed by atoms with Gasteiger partial charge in [0.1, 0.15) is 5.60 Å². The third kappa shape index (κ3) is 8.53. The highest BCUT2D eigenvalue weighted by molar-refractivity contribution is 5.67. The third-order valence-electron chi connectivity index (χ3n) is 2.17. The molecule has 0 aliphatic carbocycles. The van der Waals surface area contributed by atoms with Crippen molar-refractivity contribution in [2.45, 2.75) is 52.6 Å². The van der Waals surface area contributed by atoms with Gasteiger partial charge in [-0.15, -0.1) is 0 Å². The molecule has 0 radical (unpaired) electrons. The number of aliphatic hydroxyl groups is 1. The van der Waals surface area contributed by atoms with E-state index in [-0.39, 0.29) is 12.7 Å². The molecule has 0 aromatic carbocycles. The zero-order chi connectivity index (χ0) is 12.6. The highest BCUT2D eigenvalue weighted by Crippen LogP contribution is 2.10. The second-order valence-corrected chi connectivity index (χ2v) is 5.05. The van der Waals surface area contributed by atoms with Crippen LogP contribution in [-0.2, 0) is 4.74 Å². The average molecular weight is 231 g/mol. The van der Waals surface area contributed by atoms with E-state index >= 15 is 0 Å². The largest absolute Gasteiger partial charge is 0.444 e. The molecule has 4 heteroatoms. The predicted molar refractivity (Wildman–Crippen MR) is 64.3 cm³/mol. The smallest absolute Gasteiger partial charge is 0.407 e. The van der Waals surface area contributed by atoms with Crippen molar-refractivity contribution in [2.24, 2.45) is 5.92 Å². The minimum absolute atomic E-state index is 0.167. The van der Waals surface area contributed by atoms with Gasteiger partial charge in [-0.25, -0.2) is 4.79 Å². The number of amides is 1. The maximum Gasteiger partial charge on any atom is 0.407 e. The first-order valence-corrected chi connectivity index (χ1v) is 5.96. The molecular formula is C12H25NO3. The lowest BCUT2D eigenvalue weighted by Crippen LogP contribution is -2.35. The number of hydrogen-bond acceptors (Lipinski definition) is 3. The van der Waals surface area contributed by atoms with Gasteiger partial charge in [0.25, 0.3) is 0 Å². The van der Waals surface area contributed by atoms with E-state index in [9.17, 15) is 4.79 Å². The number of carbonyl (C=O) groups excluding carboxylic acids is 1. The quantitative estimate of drug-likeness (QED) is 0.737. The minimum Gasteiger partial charge on any atom is -0.444 e. The fourth-order valence-corrected chi connectivity index (χ4v) is 1.48. The molecule has 0 heterocycles. The molecular weight excluding hydrogens is 206 g/mol. The molecule has 0 aromatic rings. The van der Waals surface area contributed by atoms with Gasteiger partial charge in [0.05, 0.1) is 0 Å².